The van der Waals surface area contributed by atoms with Crippen LogP contribution in [0, 0.1) is 0 Å². The van der Waals surface area contributed by atoms with Crippen molar-refractivity contribution in [1.29, 1.82) is 0 Å². The summed E-state index contributed by atoms with van der Waals surface area (Å²) in [7, 11) is 0. The van der Waals surface area contributed by atoms with Crippen LogP contribution in [-0.4, -0.2) is 24.4 Å². The maximum Gasteiger partial charge on any atom is 0.343 e. The topological polar surface area (TPSA) is 77.3 Å². The van der Waals surface area contributed by atoms with E-state index in [2.05, 4.69) is 72.4 Å². The van der Waals surface area contributed by atoms with Crippen LogP contribution in [0.4, 0.5) is 11.4 Å². The Labute approximate surface area is 384 Å². The highest BCUT2D eigenvalue weighted by atomic mass is 16.5. The maximum absolute atomic E-state index is 13.0. The second-order valence-electron chi connectivity index (χ2n) is 17.2. The zero-order valence-electron chi connectivity index (χ0n) is 38.8. The number of carbonyl (C=O) groups excluding carboxylic acids is 2. The fourth-order valence-electron chi connectivity index (χ4n) is 7.77. The molecule has 0 aromatic heterocycles. The SMILES string of the molecule is CCCCCCCCCCCCc1ccc(N=Cc2ccc(C(=O)Oc3cccc(OC(=O)c4ccc(C=Nc5ccc(CCCCCCCCCCCC)cc5)cc4)c3)cc2)cc1. The third kappa shape index (κ3) is 19.4. The van der Waals surface area contributed by atoms with E-state index in [0.717, 1.165) is 35.3 Å². The van der Waals surface area contributed by atoms with Gasteiger partial charge in [-0.05, 0) is 109 Å². The van der Waals surface area contributed by atoms with Crippen LogP contribution in [0.1, 0.15) is 185 Å². The van der Waals surface area contributed by atoms with E-state index in [9.17, 15) is 9.59 Å². The number of aliphatic imine (C=N–C) groups is 2. The standard InChI is InChI=1S/C58H72N2O4/c1-3-5-7-9-11-13-15-17-19-21-24-47-32-40-53(41-33-47)59-45-49-28-36-51(37-29-49)57(61)63-55-26-23-27-56(44-55)64-58(62)52-38-30-50(31-39-52)46-60-54-42-34-48(35-43-54)25-22-20-18-16-14-12-10-8-6-4-2/h23,26-46H,3-22,24-25H2,1-2H3. The van der Waals surface area contributed by atoms with Crippen molar-refractivity contribution in [2.24, 2.45) is 9.98 Å². The Hall–Kier alpha value is -5.62. The molecule has 0 heterocycles. The number of aryl methyl sites for hydroxylation is 2. The number of unbranched alkanes of at least 4 members (excludes halogenated alkanes) is 18. The van der Waals surface area contributed by atoms with E-state index in [1.807, 2.05) is 24.3 Å². The molecule has 0 amide bonds. The molecule has 0 fully saturated rings. The van der Waals surface area contributed by atoms with Crippen LogP contribution in [0.2, 0.25) is 0 Å². The van der Waals surface area contributed by atoms with Gasteiger partial charge in [0.2, 0.25) is 0 Å². The van der Waals surface area contributed by atoms with Crippen molar-refractivity contribution in [1.82, 2.24) is 0 Å². The molecule has 0 N–H and O–H groups in total. The van der Waals surface area contributed by atoms with E-state index in [0.29, 0.717) is 11.1 Å². The van der Waals surface area contributed by atoms with E-state index in [-0.39, 0.29) is 11.5 Å². The number of nitrogens with zero attached hydrogens (tertiary/aromatic N) is 2. The Morgan fingerprint density at radius 3 is 1.08 bits per heavy atom. The van der Waals surface area contributed by atoms with Crippen LogP contribution in [-0.2, 0) is 12.8 Å². The van der Waals surface area contributed by atoms with Crippen LogP contribution in [0.15, 0.2) is 131 Å². The first-order valence-electron chi connectivity index (χ1n) is 24.5. The highest BCUT2D eigenvalue weighted by Gasteiger charge is 2.12. The summed E-state index contributed by atoms with van der Waals surface area (Å²) in [5, 5.41) is 0. The summed E-state index contributed by atoms with van der Waals surface area (Å²) < 4.78 is 11.3. The van der Waals surface area contributed by atoms with Gasteiger partial charge < -0.3 is 9.47 Å². The van der Waals surface area contributed by atoms with Crippen molar-refractivity contribution >= 4 is 35.7 Å². The molecular weight excluding hydrogens is 789 g/mol. The monoisotopic (exact) mass is 861 g/mol. The minimum atomic E-state index is -0.512. The Morgan fingerprint density at radius 2 is 0.734 bits per heavy atom. The first-order valence-corrected chi connectivity index (χ1v) is 24.5. The molecule has 6 heteroatoms. The molecule has 0 aliphatic carbocycles. The van der Waals surface area contributed by atoms with Crippen molar-refractivity contribution in [3.63, 3.8) is 0 Å². The van der Waals surface area contributed by atoms with Gasteiger partial charge in [-0.2, -0.15) is 0 Å². The van der Waals surface area contributed by atoms with Crippen LogP contribution in [0.5, 0.6) is 11.5 Å². The smallest absolute Gasteiger partial charge is 0.343 e. The van der Waals surface area contributed by atoms with Crippen LogP contribution < -0.4 is 9.47 Å². The van der Waals surface area contributed by atoms with Gasteiger partial charge in [0.05, 0.1) is 22.5 Å². The van der Waals surface area contributed by atoms with Crippen LogP contribution in [0.25, 0.3) is 0 Å². The second-order valence-corrected chi connectivity index (χ2v) is 17.2. The normalized spacial score (nSPS) is 11.4. The predicted octanol–water partition coefficient (Wildman–Crippen LogP) is 16.6. The fourth-order valence-corrected chi connectivity index (χ4v) is 7.77. The molecule has 64 heavy (non-hydrogen) atoms. The summed E-state index contributed by atoms with van der Waals surface area (Å²) in [6.07, 6.45) is 32.7. The molecule has 5 rings (SSSR count). The first kappa shape index (κ1) is 49.4. The molecule has 0 atom stereocenters. The van der Waals surface area contributed by atoms with E-state index in [1.54, 1.807) is 54.9 Å². The predicted molar refractivity (Wildman–Crippen MR) is 268 cm³/mol. The molecule has 0 radical (unpaired) electrons. The minimum absolute atomic E-state index is 0.274. The fraction of sp³-hybridized carbons (Fsp3) is 0.414. The number of rotatable bonds is 30. The van der Waals surface area contributed by atoms with Gasteiger partial charge in [-0.1, -0.05) is 184 Å². The third-order valence-corrected chi connectivity index (χ3v) is 11.8. The van der Waals surface area contributed by atoms with Gasteiger partial charge in [-0.15, -0.1) is 0 Å². The lowest BCUT2D eigenvalue weighted by molar-refractivity contribution is 0.0732. The van der Waals surface area contributed by atoms with Crippen molar-refractivity contribution in [2.75, 3.05) is 0 Å². The third-order valence-electron chi connectivity index (χ3n) is 11.8. The maximum atomic E-state index is 13.0. The molecule has 6 nitrogen and oxygen atoms in total. The number of ether oxygens (including phenoxy) is 2. The summed E-state index contributed by atoms with van der Waals surface area (Å²) in [6, 6.07) is 37.7. The largest absolute Gasteiger partial charge is 0.423 e. The molecule has 0 saturated carbocycles. The summed E-state index contributed by atoms with van der Waals surface area (Å²) >= 11 is 0. The Balaban J connectivity index is 0.985. The van der Waals surface area contributed by atoms with Gasteiger partial charge >= 0.3 is 11.9 Å². The van der Waals surface area contributed by atoms with Gasteiger partial charge in [-0.3, -0.25) is 9.98 Å². The van der Waals surface area contributed by atoms with Gasteiger partial charge in [0, 0.05) is 18.5 Å². The lowest BCUT2D eigenvalue weighted by Gasteiger charge is -2.08. The quantitative estimate of drug-likeness (QED) is 0.0199. The highest BCUT2D eigenvalue weighted by Crippen LogP contribution is 2.23. The van der Waals surface area contributed by atoms with Crippen LogP contribution >= 0.6 is 0 Å². The molecule has 5 aromatic rings. The molecule has 0 bridgehead atoms. The van der Waals surface area contributed by atoms with Crippen molar-refractivity contribution in [2.45, 2.75) is 155 Å². The molecule has 0 unspecified atom stereocenters. The zero-order chi connectivity index (χ0) is 44.9. The molecule has 0 aliphatic rings. The van der Waals surface area contributed by atoms with E-state index in [4.69, 9.17) is 9.47 Å². The Bertz CT molecular complexity index is 1970. The lowest BCUT2D eigenvalue weighted by atomic mass is 10.0. The van der Waals surface area contributed by atoms with Crippen molar-refractivity contribution in [3.05, 3.63) is 155 Å². The Kier molecular flexibility index (Phi) is 22.9. The highest BCUT2D eigenvalue weighted by molar-refractivity contribution is 5.93. The number of benzene rings is 5. The number of carbonyl (C=O) groups is 2. The minimum Gasteiger partial charge on any atom is -0.423 e. The van der Waals surface area contributed by atoms with E-state index in [1.165, 1.54) is 146 Å². The Morgan fingerprint density at radius 1 is 0.406 bits per heavy atom. The van der Waals surface area contributed by atoms with Gasteiger partial charge in [0.25, 0.3) is 0 Å². The average Bonchev–Trinajstić information content (AvgIpc) is 3.32. The lowest BCUT2D eigenvalue weighted by Crippen LogP contribution is -2.10. The van der Waals surface area contributed by atoms with Gasteiger partial charge in [0.15, 0.2) is 0 Å². The van der Waals surface area contributed by atoms with E-state index < -0.39 is 11.9 Å². The van der Waals surface area contributed by atoms with Crippen LogP contribution in [0.3, 0.4) is 0 Å². The summed E-state index contributed by atoms with van der Waals surface area (Å²) in [4.78, 5) is 35.2. The van der Waals surface area contributed by atoms with Gasteiger partial charge in [0.1, 0.15) is 11.5 Å². The molecule has 5 aromatic carbocycles. The number of hydrogen-bond donors (Lipinski definition) is 0. The molecule has 0 spiro atoms. The van der Waals surface area contributed by atoms with Crippen molar-refractivity contribution < 1.29 is 19.1 Å². The first-order chi connectivity index (χ1) is 31.5. The molecule has 0 saturated heterocycles. The molecular formula is C58H72N2O4. The summed E-state index contributed by atoms with van der Waals surface area (Å²) in [5.74, 6) is -0.475. The average molecular weight is 861 g/mol. The van der Waals surface area contributed by atoms with Gasteiger partial charge in [-0.25, -0.2) is 9.59 Å². The van der Waals surface area contributed by atoms with E-state index >= 15 is 0 Å². The molecule has 338 valence electrons. The molecule has 0 aliphatic heterocycles. The zero-order valence-corrected chi connectivity index (χ0v) is 38.8. The number of esters is 2. The van der Waals surface area contributed by atoms with Crippen molar-refractivity contribution in [3.8, 4) is 11.5 Å². The second kappa shape index (κ2) is 29.7. The summed E-state index contributed by atoms with van der Waals surface area (Å²) in [6.45, 7) is 4.54. The summed E-state index contributed by atoms with van der Waals surface area (Å²) in [5.41, 5.74) is 7.03. The number of hydrogen-bond acceptors (Lipinski definition) is 6.